The van der Waals surface area contributed by atoms with E-state index in [2.05, 4.69) is 38.4 Å². The summed E-state index contributed by atoms with van der Waals surface area (Å²) in [6.45, 7) is 6.28. The van der Waals surface area contributed by atoms with Gasteiger partial charge >= 0.3 is 0 Å². The Hall–Kier alpha value is -0.880. The molecule has 0 heterocycles. The van der Waals surface area contributed by atoms with Crippen LogP contribution in [0.4, 0.5) is 5.69 Å². The van der Waals surface area contributed by atoms with Crippen LogP contribution in [-0.4, -0.2) is 64.4 Å². The number of thiocarbonyl (C=S) groups is 1. The maximum absolute atomic E-state index is 6.21. The number of nitrogens with one attached hydrogen (secondary N) is 3. The Morgan fingerprint density at radius 3 is 2.12 bits per heavy atom. The Balaban J connectivity index is 2.68. The van der Waals surface area contributed by atoms with Crippen molar-refractivity contribution in [2.24, 2.45) is 0 Å². The van der Waals surface area contributed by atoms with Crippen LogP contribution >= 0.6 is 23.8 Å². The highest BCUT2D eigenvalue weighted by Crippen LogP contribution is 2.23. The van der Waals surface area contributed by atoms with Gasteiger partial charge in [-0.25, -0.2) is 0 Å². The molecule has 0 saturated heterocycles. The molecule has 0 unspecified atom stereocenters. The van der Waals surface area contributed by atoms with Crippen molar-refractivity contribution in [2.75, 3.05) is 59.7 Å². The third kappa shape index (κ3) is 7.79. The molecule has 0 aromatic heterocycles. The highest BCUT2D eigenvalue weighted by Gasteiger charge is 2.12. The van der Waals surface area contributed by atoms with Crippen molar-refractivity contribution < 1.29 is 9.80 Å². The first-order valence-electron chi connectivity index (χ1n) is 8.70. The molecule has 4 nitrogen and oxygen atoms in total. The zero-order chi connectivity index (χ0) is 18.1. The normalized spacial score (nSPS) is 11.2. The van der Waals surface area contributed by atoms with Crippen molar-refractivity contribution in [1.82, 2.24) is 4.90 Å². The second-order valence-electron chi connectivity index (χ2n) is 6.95. The first kappa shape index (κ1) is 21.2. The molecule has 0 radical (unpaired) electrons. The summed E-state index contributed by atoms with van der Waals surface area (Å²) in [6, 6.07) is 5.89. The van der Waals surface area contributed by atoms with E-state index in [9.17, 15) is 0 Å². The highest BCUT2D eigenvalue weighted by atomic mass is 35.5. The minimum atomic E-state index is 0.766. The summed E-state index contributed by atoms with van der Waals surface area (Å²) in [5.41, 5.74) is 2.03. The molecule has 0 aliphatic rings. The van der Waals surface area contributed by atoms with Gasteiger partial charge < -0.3 is 20.0 Å². The second kappa shape index (κ2) is 10.9. The summed E-state index contributed by atoms with van der Waals surface area (Å²) in [7, 11) is 8.74. The summed E-state index contributed by atoms with van der Waals surface area (Å²) in [5.74, 6) is 0. The number of rotatable bonds is 9. The smallest absolute Gasteiger partial charge is 0.173 e. The average Bonchev–Trinajstić information content (AvgIpc) is 2.49. The zero-order valence-corrected chi connectivity index (χ0v) is 17.3. The van der Waals surface area contributed by atoms with Crippen LogP contribution in [0.15, 0.2) is 18.2 Å². The molecule has 0 saturated carbocycles. The lowest BCUT2D eigenvalue weighted by atomic mass is 10.2. The van der Waals surface area contributed by atoms with Crippen LogP contribution in [0.1, 0.15) is 18.4 Å². The molecule has 6 heteroatoms. The van der Waals surface area contributed by atoms with Crippen LogP contribution in [0.5, 0.6) is 0 Å². The Kier molecular flexibility index (Phi) is 9.59. The van der Waals surface area contributed by atoms with E-state index >= 15 is 0 Å². The summed E-state index contributed by atoms with van der Waals surface area (Å²) >= 11 is 11.9. The van der Waals surface area contributed by atoms with Crippen LogP contribution in [0.2, 0.25) is 5.02 Å². The van der Waals surface area contributed by atoms with Crippen molar-refractivity contribution in [2.45, 2.75) is 19.8 Å². The largest absolute Gasteiger partial charge is 0.349 e. The number of nitrogens with zero attached hydrogens (tertiary/aromatic N) is 1. The summed E-state index contributed by atoms with van der Waals surface area (Å²) < 4.78 is 0. The number of hydrogen-bond acceptors (Lipinski definition) is 1. The molecular formula is C18H33ClN4S+2. The monoisotopic (exact) mass is 372 g/mol. The molecule has 0 amide bonds. The molecule has 1 rings (SSSR count). The van der Waals surface area contributed by atoms with Crippen molar-refractivity contribution in [3.63, 3.8) is 0 Å². The molecule has 0 aliphatic heterocycles. The topological polar surface area (TPSA) is 24.2 Å². The molecule has 24 heavy (non-hydrogen) atoms. The number of benzene rings is 1. The van der Waals surface area contributed by atoms with E-state index in [4.69, 9.17) is 23.8 Å². The van der Waals surface area contributed by atoms with Gasteiger partial charge in [0.25, 0.3) is 0 Å². The molecule has 3 N–H and O–H groups in total. The van der Waals surface area contributed by atoms with Crippen LogP contribution in [0, 0.1) is 6.92 Å². The van der Waals surface area contributed by atoms with Gasteiger partial charge in [-0.2, -0.15) is 0 Å². The van der Waals surface area contributed by atoms with Gasteiger partial charge in [-0.3, -0.25) is 0 Å². The number of anilines is 1. The average molecular weight is 373 g/mol. The molecule has 136 valence electrons. The first-order valence-corrected chi connectivity index (χ1v) is 9.49. The quantitative estimate of drug-likeness (QED) is 0.557. The molecule has 0 aliphatic carbocycles. The van der Waals surface area contributed by atoms with Gasteiger partial charge in [0.05, 0.1) is 41.3 Å². The van der Waals surface area contributed by atoms with E-state index in [0.717, 1.165) is 60.4 Å². The summed E-state index contributed by atoms with van der Waals surface area (Å²) in [5, 5.41) is 4.95. The van der Waals surface area contributed by atoms with E-state index in [1.165, 1.54) is 9.80 Å². The number of halogens is 1. The van der Waals surface area contributed by atoms with Crippen LogP contribution in [0.25, 0.3) is 0 Å². The van der Waals surface area contributed by atoms with Crippen molar-refractivity contribution >= 4 is 34.6 Å². The molecule has 1 aromatic carbocycles. The lowest BCUT2D eigenvalue weighted by molar-refractivity contribution is -0.858. The Bertz CT molecular complexity index is 506. The van der Waals surface area contributed by atoms with E-state index in [0.29, 0.717) is 0 Å². The maximum Gasteiger partial charge on any atom is 0.173 e. The minimum Gasteiger partial charge on any atom is -0.349 e. The molecule has 1 aromatic rings. The molecule has 0 atom stereocenters. The van der Waals surface area contributed by atoms with Crippen molar-refractivity contribution in [3.05, 3.63) is 28.8 Å². The fourth-order valence-corrected chi connectivity index (χ4v) is 2.97. The molecule has 0 spiro atoms. The molecule has 0 bridgehead atoms. The Morgan fingerprint density at radius 1 is 1.08 bits per heavy atom. The number of quaternary nitrogens is 2. The van der Waals surface area contributed by atoms with Gasteiger partial charge in [0.2, 0.25) is 0 Å². The van der Waals surface area contributed by atoms with Gasteiger partial charge in [0.15, 0.2) is 5.11 Å². The Morgan fingerprint density at radius 2 is 1.62 bits per heavy atom. The zero-order valence-electron chi connectivity index (χ0n) is 15.7. The predicted octanol–water partition coefficient (Wildman–Crippen LogP) is 0.716. The number of hydrogen-bond donors (Lipinski definition) is 3. The van der Waals surface area contributed by atoms with E-state index < -0.39 is 0 Å². The predicted molar refractivity (Wildman–Crippen MR) is 109 cm³/mol. The fourth-order valence-electron chi connectivity index (χ4n) is 2.50. The van der Waals surface area contributed by atoms with Gasteiger partial charge in [-0.05, 0) is 36.8 Å². The molecular weight excluding hydrogens is 340 g/mol. The van der Waals surface area contributed by atoms with Gasteiger partial charge in [0.1, 0.15) is 0 Å². The minimum absolute atomic E-state index is 0.766. The van der Waals surface area contributed by atoms with E-state index in [1.54, 1.807) is 0 Å². The first-order chi connectivity index (χ1) is 11.3. The van der Waals surface area contributed by atoms with E-state index in [1.807, 2.05) is 25.1 Å². The van der Waals surface area contributed by atoms with Crippen molar-refractivity contribution in [1.29, 1.82) is 0 Å². The van der Waals surface area contributed by atoms with Crippen molar-refractivity contribution in [3.8, 4) is 0 Å². The van der Waals surface area contributed by atoms with Crippen LogP contribution in [0.3, 0.4) is 0 Å². The fraction of sp³-hybridized carbons (Fsp3) is 0.611. The summed E-state index contributed by atoms with van der Waals surface area (Å²) in [4.78, 5) is 5.23. The summed E-state index contributed by atoms with van der Waals surface area (Å²) in [6.07, 6.45) is 2.26. The van der Waals surface area contributed by atoms with Crippen LogP contribution < -0.4 is 15.1 Å². The van der Waals surface area contributed by atoms with Crippen LogP contribution in [-0.2, 0) is 0 Å². The third-order valence-electron chi connectivity index (χ3n) is 4.01. The van der Waals surface area contributed by atoms with Gasteiger partial charge in [-0.1, -0.05) is 17.7 Å². The highest BCUT2D eigenvalue weighted by molar-refractivity contribution is 7.80. The standard InChI is InChI=1S/C18H31ClN4S/c1-15-16(19)9-6-10-17(15)20-18(24)23(13-7-11-21(2)3)14-8-12-22(4)5/h6,9-10H,7-8,11-14H2,1-5H3,(H,20,24)/p+2. The van der Waals surface area contributed by atoms with Gasteiger partial charge in [0, 0.05) is 36.6 Å². The maximum atomic E-state index is 6.21. The lowest BCUT2D eigenvalue weighted by Crippen LogP contribution is -3.05. The molecule has 0 fully saturated rings. The van der Waals surface area contributed by atoms with Gasteiger partial charge in [-0.15, -0.1) is 0 Å². The Labute approximate surface area is 157 Å². The SMILES string of the molecule is Cc1c(Cl)cccc1NC(=S)N(CCC[NH+](C)C)CCC[NH+](C)C. The lowest BCUT2D eigenvalue weighted by Gasteiger charge is -2.27. The third-order valence-corrected chi connectivity index (χ3v) is 4.78. The second-order valence-corrected chi connectivity index (χ2v) is 7.74. The van der Waals surface area contributed by atoms with E-state index in [-0.39, 0.29) is 0 Å².